The molecule has 7 rings (SSSR count). The Bertz CT molecular complexity index is 1900. The molecule has 48 heavy (non-hydrogen) atoms. The number of aromatic nitrogens is 6. The molecule has 0 radical (unpaired) electrons. The fourth-order valence-electron chi connectivity index (χ4n) is 4.51. The monoisotopic (exact) mass is 644 g/mol. The molecule has 6 heterocycles. The molecule has 0 aliphatic carbocycles. The van der Waals surface area contributed by atoms with Gasteiger partial charge < -0.3 is 29.2 Å². The van der Waals surface area contributed by atoms with Crippen LogP contribution in [0.15, 0.2) is 110 Å². The van der Waals surface area contributed by atoms with Crippen molar-refractivity contribution in [3.8, 4) is 57.3 Å². The van der Waals surface area contributed by atoms with Crippen LogP contribution in [0.4, 0.5) is 0 Å². The molecule has 0 aliphatic heterocycles. The second-order valence-corrected chi connectivity index (χ2v) is 9.84. The van der Waals surface area contributed by atoms with Crippen LogP contribution in [-0.4, -0.2) is 68.6 Å². The molecule has 0 unspecified atom stereocenters. The van der Waals surface area contributed by atoms with Gasteiger partial charge in [0.2, 0.25) is 0 Å². The average molecular weight is 645 g/mol. The maximum absolute atomic E-state index is 9.67. The smallest absolute Gasteiger partial charge is 0.126 e. The Morgan fingerprint density at radius 3 is 0.917 bits per heavy atom. The Morgan fingerprint density at radius 2 is 0.646 bits per heavy atom. The highest BCUT2D eigenvalue weighted by molar-refractivity contribution is 6.06. The Labute approximate surface area is 276 Å². The lowest BCUT2D eigenvalue weighted by Crippen LogP contribution is -1.90. The summed E-state index contributed by atoms with van der Waals surface area (Å²) in [5, 5.41) is 20.6. The molecule has 7 aromatic rings. The third-order valence-corrected chi connectivity index (χ3v) is 6.97. The molecule has 0 spiro atoms. The van der Waals surface area contributed by atoms with Crippen molar-refractivity contribution < 1.29 is 29.2 Å². The zero-order valence-corrected chi connectivity index (χ0v) is 26.6. The zero-order chi connectivity index (χ0) is 33.9. The number of pyridine rings is 6. The van der Waals surface area contributed by atoms with E-state index in [0.29, 0.717) is 21.8 Å². The minimum absolute atomic E-state index is 0.164. The molecule has 0 atom stereocenters. The van der Waals surface area contributed by atoms with Gasteiger partial charge in [0.1, 0.15) is 45.5 Å². The SMILES string of the molecule is COc1ccnc(-c2cc(OC)ccn2)c1.COc1ccnc(-c2cc(OC)ccn2)c1.Oc1ccnc2c1ccc1c(O)ccnc12. The lowest BCUT2D eigenvalue weighted by Gasteiger charge is -2.04. The van der Waals surface area contributed by atoms with Crippen molar-refractivity contribution in [3.63, 3.8) is 0 Å². The van der Waals surface area contributed by atoms with E-state index in [9.17, 15) is 10.2 Å². The summed E-state index contributed by atoms with van der Waals surface area (Å²) in [5.41, 5.74) is 4.23. The van der Waals surface area contributed by atoms with Gasteiger partial charge in [0.25, 0.3) is 0 Å². The molecular formula is C36H32N6O6. The molecule has 1 aromatic carbocycles. The van der Waals surface area contributed by atoms with Gasteiger partial charge in [0, 0.05) is 72.2 Å². The van der Waals surface area contributed by atoms with Crippen LogP contribution in [0.5, 0.6) is 34.5 Å². The summed E-state index contributed by atoms with van der Waals surface area (Å²) in [4.78, 5) is 25.3. The van der Waals surface area contributed by atoms with Crippen LogP contribution in [0.1, 0.15) is 0 Å². The summed E-state index contributed by atoms with van der Waals surface area (Å²) in [7, 11) is 6.49. The lowest BCUT2D eigenvalue weighted by atomic mass is 10.1. The summed E-state index contributed by atoms with van der Waals surface area (Å²) >= 11 is 0. The third kappa shape index (κ3) is 7.80. The molecule has 2 N–H and O–H groups in total. The fraction of sp³-hybridized carbons (Fsp3) is 0.111. The normalized spacial score (nSPS) is 10.2. The summed E-state index contributed by atoms with van der Waals surface area (Å²) in [6, 6.07) is 21.0. The zero-order valence-electron chi connectivity index (χ0n) is 26.6. The van der Waals surface area contributed by atoms with Gasteiger partial charge in [0.15, 0.2) is 0 Å². The minimum atomic E-state index is 0.164. The second kappa shape index (κ2) is 15.6. The number of rotatable bonds is 6. The van der Waals surface area contributed by atoms with Gasteiger partial charge >= 0.3 is 0 Å². The first kappa shape index (κ1) is 32.8. The molecular weight excluding hydrogens is 612 g/mol. The van der Waals surface area contributed by atoms with E-state index in [4.69, 9.17) is 18.9 Å². The predicted octanol–water partition coefficient (Wildman–Crippen LogP) is 6.52. The average Bonchev–Trinajstić information content (AvgIpc) is 3.15. The van der Waals surface area contributed by atoms with Crippen LogP contribution < -0.4 is 18.9 Å². The van der Waals surface area contributed by atoms with E-state index < -0.39 is 0 Å². The summed E-state index contributed by atoms with van der Waals surface area (Å²) < 4.78 is 20.5. The minimum Gasteiger partial charge on any atom is -0.507 e. The molecule has 6 aromatic heterocycles. The standard InChI is InChI=1S/C12H8N2O2.2C12H12N2O2/c15-9-3-5-13-11-7(9)1-2-8-10(16)4-6-14-12(8)11;2*1-15-9-3-5-13-11(7-9)12-8-10(16-2)4-6-14-12/h1-6H,(H,13,15)(H,14,16);2*3-8H,1-2H3. The largest absolute Gasteiger partial charge is 0.507 e. The summed E-state index contributed by atoms with van der Waals surface area (Å²) in [6.07, 6.45) is 9.79. The molecule has 0 saturated heterocycles. The Hall–Kier alpha value is -6.56. The Morgan fingerprint density at radius 1 is 0.375 bits per heavy atom. The van der Waals surface area contributed by atoms with Gasteiger partial charge in [-0.1, -0.05) is 0 Å². The third-order valence-electron chi connectivity index (χ3n) is 6.97. The molecule has 0 bridgehead atoms. The van der Waals surface area contributed by atoms with E-state index in [1.165, 1.54) is 24.5 Å². The van der Waals surface area contributed by atoms with Crippen LogP contribution in [0.25, 0.3) is 44.6 Å². The summed E-state index contributed by atoms with van der Waals surface area (Å²) in [5.74, 6) is 3.36. The van der Waals surface area contributed by atoms with E-state index in [0.717, 1.165) is 45.8 Å². The van der Waals surface area contributed by atoms with Crippen LogP contribution in [-0.2, 0) is 0 Å². The van der Waals surface area contributed by atoms with Gasteiger partial charge in [-0.15, -0.1) is 0 Å². The number of aromatic hydroxyl groups is 2. The molecule has 242 valence electrons. The predicted molar refractivity (Wildman–Crippen MR) is 182 cm³/mol. The number of hydrogen-bond acceptors (Lipinski definition) is 12. The molecule has 0 saturated carbocycles. The van der Waals surface area contributed by atoms with Gasteiger partial charge in [-0.25, -0.2) is 0 Å². The van der Waals surface area contributed by atoms with E-state index >= 15 is 0 Å². The molecule has 0 fully saturated rings. The van der Waals surface area contributed by atoms with Gasteiger partial charge in [-0.3, -0.25) is 29.9 Å². The Balaban J connectivity index is 0.000000141. The molecule has 0 amide bonds. The highest BCUT2D eigenvalue weighted by Gasteiger charge is 2.08. The number of methoxy groups -OCH3 is 4. The number of fused-ring (bicyclic) bond motifs is 3. The van der Waals surface area contributed by atoms with Gasteiger partial charge in [0.05, 0.1) is 51.2 Å². The first-order valence-corrected chi connectivity index (χ1v) is 14.5. The maximum atomic E-state index is 9.67. The Kier molecular flexibility index (Phi) is 10.7. The number of hydrogen-bond donors (Lipinski definition) is 2. The highest BCUT2D eigenvalue weighted by atomic mass is 16.5. The molecule has 12 heteroatoms. The highest BCUT2D eigenvalue weighted by Crippen LogP contribution is 2.31. The van der Waals surface area contributed by atoms with Crippen LogP contribution >= 0.6 is 0 Å². The lowest BCUT2D eigenvalue weighted by molar-refractivity contribution is 0.413. The summed E-state index contributed by atoms with van der Waals surface area (Å²) in [6.45, 7) is 0. The van der Waals surface area contributed by atoms with Crippen molar-refractivity contribution in [2.75, 3.05) is 28.4 Å². The van der Waals surface area contributed by atoms with E-state index in [1.54, 1.807) is 89.6 Å². The maximum Gasteiger partial charge on any atom is 0.126 e. The van der Waals surface area contributed by atoms with Crippen molar-refractivity contribution in [2.45, 2.75) is 0 Å². The van der Waals surface area contributed by atoms with E-state index in [-0.39, 0.29) is 11.5 Å². The van der Waals surface area contributed by atoms with Crippen LogP contribution in [0, 0.1) is 0 Å². The molecule has 0 aliphatic rings. The fourth-order valence-corrected chi connectivity index (χ4v) is 4.51. The number of nitrogens with zero attached hydrogens (tertiary/aromatic N) is 6. The van der Waals surface area contributed by atoms with Crippen molar-refractivity contribution >= 4 is 21.8 Å². The first-order chi connectivity index (χ1) is 23.4. The number of benzene rings is 1. The molecule has 12 nitrogen and oxygen atoms in total. The van der Waals surface area contributed by atoms with Crippen molar-refractivity contribution in [3.05, 3.63) is 110 Å². The van der Waals surface area contributed by atoms with Crippen molar-refractivity contribution in [1.29, 1.82) is 0 Å². The van der Waals surface area contributed by atoms with E-state index in [1.807, 2.05) is 24.3 Å². The van der Waals surface area contributed by atoms with E-state index in [2.05, 4.69) is 29.9 Å². The van der Waals surface area contributed by atoms with Crippen molar-refractivity contribution in [1.82, 2.24) is 29.9 Å². The quantitative estimate of drug-likeness (QED) is 0.189. The van der Waals surface area contributed by atoms with Gasteiger partial charge in [-0.05, 0) is 48.5 Å². The van der Waals surface area contributed by atoms with Crippen molar-refractivity contribution in [2.24, 2.45) is 0 Å². The topological polar surface area (TPSA) is 155 Å². The second-order valence-electron chi connectivity index (χ2n) is 9.84. The van der Waals surface area contributed by atoms with Gasteiger partial charge in [-0.2, -0.15) is 0 Å². The number of ether oxygens (including phenoxy) is 4. The van der Waals surface area contributed by atoms with Crippen LogP contribution in [0.3, 0.4) is 0 Å². The van der Waals surface area contributed by atoms with Crippen LogP contribution in [0.2, 0.25) is 0 Å². The first-order valence-electron chi connectivity index (χ1n) is 14.5.